The number of carbonyl (C=O) groups excluding carboxylic acids is 4. The Morgan fingerprint density at radius 1 is 0.255 bits per heavy atom. The summed E-state index contributed by atoms with van der Waals surface area (Å²) < 4.78 is 69.0. The average Bonchev–Trinajstić information content (AvgIpc) is 0.900. The molecule has 0 radical (unpaired) electrons. The summed E-state index contributed by atoms with van der Waals surface area (Å²) in [5.74, 6) is -1.27. The van der Waals surface area contributed by atoms with Crippen LogP contribution >= 0.6 is 15.6 Å². The molecule has 0 fully saturated rings. The molecule has 0 aliphatic carbocycles. The summed E-state index contributed by atoms with van der Waals surface area (Å²) in [6.45, 7) is 7.42. The van der Waals surface area contributed by atoms with E-state index in [-0.39, 0.29) is 25.7 Å². The van der Waals surface area contributed by atoms with Gasteiger partial charge in [-0.1, -0.05) is 420 Å². The highest BCUT2D eigenvalue weighted by atomic mass is 31.2. The molecule has 0 aromatic heterocycles. The van der Waals surface area contributed by atoms with Gasteiger partial charge in [-0.15, -0.1) is 0 Å². The van der Waals surface area contributed by atoms with Crippen molar-refractivity contribution in [3.63, 3.8) is 0 Å². The van der Waals surface area contributed by atoms with Crippen molar-refractivity contribution < 1.29 is 80.2 Å². The molecule has 0 aliphatic heterocycles. The predicted octanol–water partition coefficient (Wildman–Crippen LogP) is 26.8. The largest absolute Gasteiger partial charge is 0.472 e. The van der Waals surface area contributed by atoms with Gasteiger partial charge in [0.05, 0.1) is 26.4 Å². The van der Waals surface area contributed by atoms with E-state index in [0.717, 1.165) is 95.8 Å². The standard InChI is InChI=1S/C87H170O17P2/c1-6-9-12-15-18-21-24-27-29-32-37-41-46-51-56-61-66-71-85(90)98-77-83(104-87(92)73-68-63-58-53-48-43-38-34-31-30-33-36-40-44-49-54-59-64-69-80(4)5)79-102-106(95,96)100-75-81(88)74-99-105(93,94)101-78-82(76-97-84(89)70-65-60-55-50-45-39-26-23-20-17-14-11-8-3)103-86(91)72-67-62-57-52-47-42-35-28-25-22-19-16-13-10-7-2/h80-83,88H,6-79H2,1-5H3,(H,93,94)(H,95,96)/t81-,82+,83+/m0/s1. The Morgan fingerprint density at radius 3 is 0.642 bits per heavy atom. The molecule has 0 spiro atoms. The van der Waals surface area contributed by atoms with Crippen LogP contribution < -0.4 is 0 Å². The van der Waals surface area contributed by atoms with Crippen LogP contribution in [0.25, 0.3) is 0 Å². The van der Waals surface area contributed by atoms with Crippen LogP contribution in [-0.4, -0.2) is 96.7 Å². The number of carbonyl (C=O) groups is 4. The van der Waals surface area contributed by atoms with E-state index in [4.69, 9.17) is 37.0 Å². The van der Waals surface area contributed by atoms with Crippen molar-refractivity contribution in [2.45, 2.75) is 490 Å². The van der Waals surface area contributed by atoms with Crippen LogP contribution in [0, 0.1) is 5.92 Å². The maximum Gasteiger partial charge on any atom is 0.472 e. The van der Waals surface area contributed by atoms with Gasteiger partial charge in [-0.2, -0.15) is 0 Å². The van der Waals surface area contributed by atoms with Crippen molar-refractivity contribution in [2.24, 2.45) is 5.92 Å². The molecule has 5 atom stereocenters. The first kappa shape index (κ1) is 104. The molecule has 0 heterocycles. The lowest BCUT2D eigenvalue weighted by molar-refractivity contribution is -0.161. The Kier molecular flexibility index (Phi) is 78.2. The summed E-state index contributed by atoms with van der Waals surface area (Å²) in [6, 6.07) is 0. The van der Waals surface area contributed by atoms with E-state index in [1.165, 1.54) is 295 Å². The second kappa shape index (κ2) is 79.7. The van der Waals surface area contributed by atoms with Crippen LogP contribution in [-0.2, 0) is 65.4 Å². The lowest BCUT2D eigenvalue weighted by atomic mass is 10.0. The van der Waals surface area contributed by atoms with Crippen molar-refractivity contribution in [1.82, 2.24) is 0 Å². The molecule has 3 N–H and O–H groups in total. The third kappa shape index (κ3) is 80.1. The van der Waals surface area contributed by atoms with E-state index in [2.05, 4.69) is 34.6 Å². The molecule has 0 aliphatic rings. The fourth-order valence-electron chi connectivity index (χ4n) is 13.6. The van der Waals surface area contributed by atoms with Crippen molar-refractivity contribution in [1.29, 1.82) is 0 Å². The van der Waals surface area contributed by atoms with Gasteiger partial charge in [-0.3, -0.25) is 37.3 Å². The zero-order valence-electron chi connectivity index (χ0n) is 69.6. The minimum absolute atomic E-state index is 0.109. The predicted molar refractivity (Wildman–Crippen MR) is 437 cm³/mol. The number of hydrogen-bond acceptors (Lipinski definition) is 15. The van der Waals surface area contributed by atoms with Crippen molar-refractivity contribution in [3.8, 4) is 0 Å². The number of hydrogen-bond donors (Lipinski definition) is 3. The molecule has 630 valence electrons. The molecule has 0 aromatic rings. The molecule has 0 aromatic carbocycles. The number of unbranched alkanes of at least 4 members (excludes halogenated alkanes) is 59. The maximum absolute atomic E-state index is 13.2. The van der Waals surface area contributed by atoms with E-state index < -0.39 is 97.5 Å². The first-order valence-corrected chi connectivity index (χ1v) is 48.1. The molecule has 0 saturated carbocycles. The Morgan fingerprint density at radius 2 is 0.434 bits per heavy atom. The van der Waals surface area contributed by atoms with Gasteiger partial charge < -0.3 is 33.8 Å². The highest BCUT2D eigenvalue weighted by Crippen LogP contribution is 2.45. The van der Waals surface area contributed by atoms with Crippen LogP contribution in [0.1, 0.15) is 471 Å². The van der Waals surface area contributed by atoms with Gasteiger partial charge >= 0.3 is 39.5 Å². The van der Waals surface area contributed by atoms with E-state index in [9.17, 15) is 43.2 Å². The van der Waals surface area contributed by atoms with E-state index in [1.54, 1.807) is 0 Å². The highest BCUT2D eigenvalue weighted by Gasteiger charge is 2.30. The van der Waals surface area contributed by atoms with E-state index in [1.807, 2.05) is 0 Å². The van der Waals surface area contributed by atoms with Crippen LogP contribution in [0.5, 0.6) is 0 Å². The van der Waals surface area contributed by atoms with Gasteiger partial charge in [0.25, 0.3) is 0 Å². The molecule has 17 nitrogen and oxygen atoms in total. The molecule has 0 amide bonds. The van der Waals surface area contributed by atoms with Gasteiger partial charge in [0.2, 0.25) is 0 Å². The van der Waals surface area contributed by atoms with Gasteiger partial charge in [-0.25, -0.2) is 9.13 Å². The van der Waals surface area contributed by atoms with Crippen LogP contribution in [0.4, 0.5) is 0 Å². The maximum atomic E-state index is 13.2. The van der Waals surface area contributed by atoms with Gasteiger partial charge in [0.1, 0.15) is 19.3 Å². The van der Waals surface area contributed by atoms with Gasteiger partial charge in [0, 0.05) is 25.7 Å². The molecule has 0 saturated heterocycles. The third-order valence-corrected chi connectivity index (χ3v) is 22.4. The topological polar surface area (TPSA) is 237 Å². The lowest BCUT2D eigenvalue weighted by Crippen LogP contribution is -2.30. The molecule has 0 rings (SSSR count). The minimum Gasteiger partial charge on any atom is -0.462 e. The normalized spacial score (nSPS) is 13.7. The lowest BCUT2D eigenvalue weighted by Gasteiger charge is -2.21. The summed E-state index contributed by atoms with van der Waals surface area (Å²) in [7, 11) is -9.93. The van der Waals surface area contributed by atoms with E-state index in [0.29, 0.717) is 25.7 Å². The molecule has 106 heavy (non-hydrogen) atoms. The number of esters is 4. The number of phosphoric acid groups is 2. The van der Waals surface area contributed by atoms with Crippen LogP contribution in [0.2, 0.25) is 0 Å². The Labute approximate surface area is 651 Å². The first-order valence-electron chi connectivity index (χ1n) is 45.1. The van der Waals surface area contributed by atoms with Crippen LogP contribution in [0.15, 0.2) is 0 Å². The second-order valence-corrected chi connectivity index (χ2v) is 34.7. The Hall–Kier alpha value is -1.94. The molecular formula is C87H170O17P2. The fourth-order valence-corrected chi connectivity index (χ4v) is 15.2. The number of phosphoric ester groups is 2. The quantitative estimate of drug-likeness (QED) is 0.0222. The second-order valence-electron chi connectivity index (χ2n) is 31.8. The van der Waals surface area contributed by atoms with E-state index >= 15 is 0 Å². The van der Waals surface area contributed by atoms with Gasteiger partial charge in [0.15, 0.2) is 12.2 Å². The molecular weight excluding hydrogens is 1380 g/mol. The number of aliphatic hydroxyl groups is 1. The molecule has 19 heteroatoms. The summed E-state index contributed by atoms with van der Waals surface area (Å²) in [5, 5.41) is 10.7. The monoisotopic (exact) mass is 1550 g/mol. The highest BCUT2D eigenvalue weighted by molar-refractivity contribution is 7.47. The molecule has 0 bridgehead atoms. The van der Waals surface area contributed by atoms with Crippen molar-refractivity contribution >= 4 is 39.5 Å². The Balaban J connectivity index is 5.25. The van der Waals surface area contributed by atoms with Crippen molar-refractivity contribution in [3.05, 3.63) is 0 Å². The third-order valence-electron chi connectivity index (χ3n) is 20.5. The SMILES string of the molecule is CCCCCCCCCCCCCCCCCCCC(=O)OC[C@H](COP(=O)(O)OC[C@@H](O)COP(=O)(O)OC[C@@H](COC(=O)CCCCCCCCCCCCCCC)OC(=O)CCCCCCCCCCCCCCCCC)OC(=O)CCCCCCCCCCCCCCCCCCCCC(C)C. The summed E-state index contributed by atoms with van der Waals surface area (Å²) in [4.78, 5) is 73.3. The number of aliphatic hydroxyl groups excluding tert-OH is 1. The smallest absolute Gasteiger partial charge is 0.462 e. The summed E-state index contributed by atoms with van der Waals surface area (Å²) in [6.07, 6.45) is 73.5. The zero-order valence-corrected chi connectivity index (χ0v) is 71.4. The number of rotatable bonds is 87. The summed E-state index contributed by atoms with van der Waals surface area (Å²) in [5.41, 5.74) is 0. The number of ether oxygens (including phenoxy) is 4. The molecule has 2 unspecified atom stereocenters. The van der Waals surface area contributed by atoms with Crippen molar-refractivity contribution in [2.75, 3.05) is 39.6 Å². The minimum atomic E-state index is -4.97. The Bertz CT molecular complexity index is 2010. The summed E-state index contributed by atoms with van der Waals surface area (Å²) >= 11 is 0. The average molecular weight is 1550 g/mol. The fraction of sp³-hybridized carbons (Fsp3) is 0.954. The van der Waals surface area contributed by atoms with Gasteiger partial charge in [-0.05, 0) is 31.6 Å². The van der Waals surface area contributed by atoms with Crippen LogP contribution in [0.3, 0.4) is 0 Å². The first-order chi connectivity index (χ1) is 51.5. The zero-order chi connectivity index (χ0) is 77.6.